The van der Waals surface area contributed by atoms with Crippen LogP contribution in [0.3, 0.4) is 0 Å². The van der Waals surface area contributed by atoms with Gasteiger partial charge in [-0.2, -0.15) is 0 Å². The van der Waals surface area contributed by atoms with E-state index in [9.17, 15) is 0 Å². The highest BCUT2D eigenvalue weighted by atomic mass is 16.5. The average Bonchev–Trinajstić information content (AvgIpc) is 2.91. The number of hydrogen-bond acceptors (Lipinski definition) is 5. The summed E-state index contributed by atoms with van der Waals surface area (Å²) in [7, 11) is 1.63. The molecule has 6 heteroatoms. The maximum absolute atomic E-state index is 5.79. The zero-order valence-electron chi connectivity index (χ0n) is 11.0. The summed E-state index contributed by atoms with van der Waals surface area (Å²) in [4.78, 5) is 0. The topological polar surface area (TPSA) is 75.2 Å². The Morgan fingerprint density at radius 2 is 2.37 bits per heavy atom. The molecule has 102 valence electrons. The zero-order valence-corrected chi connectivity index (χ0v) is 11.0. The van der Waals surface area contributed by atoms with Gasteiger partial charge in [-0.3, -0.25) is 0 Å². The Balaban J connectivity index is 2.08. The number of nitrogens with zero attached hydrogens (tertiary/aromatic N) is 3. The molecule has 2 N–H and O–H groups in total. The van der Waals surface area contributed by atoms with Gasteiger partial charge in [0.25, 0.3) is 0 Å². The molecule has 3 rings (SSSR count). The second-order valence-electron chi connectivity index (χ2n) is 4.67. The summed E-state index contributed by atoms with van der Waals surface area (Å²) in [5.74, 6) is 0.756. The van der Waals surface area contributed by atoms with E-state index >= 15 is 0 Å². The van der Waals surface area contributed by atoms with Crippen molar-refractivity contribution in [3.8, 4) is 5.75 Å². The highest BCUT2D eigenvalue weighted by Gasteiger charge is 2.21. The molecule has 19 heavy (non-hydrogen) atoms. The van der Waals surface area contributed by atoms with Crippen molar-refractivity contribution in [3.63, 3.8) is 0 Å². The Bertz CT molecular complexity index is 575. The molecule has 1 atom stereocenters. The Morgan fingerprint density at radius 3 is 3.05 bits per heavy atom. The van der Waals surface area contributed by atoms with Crippen molar-refractivity contribution in [2.45, 2.75) is 32.0 Å². The summed E-state index contributed by atoms with van der Waals surface area (Å²) in [6.45, 7) is 1.16. The number of ether oxygens (including phenoxy) is 2. The molecule has 0 spiro atoms. The van der Waals surface area contributed by atoms with Crippen LogP contribution >= 0.6 is 0 Å². The van der Waals surface area contributed by atoms with Crippen LogP contribution in [0, 0.1) is 0 Å². The van der Waals surface area contributed by atoms with Gasteiger partial charge in [0, 0.05) is 18.7 Å². The predicted molar refractivity (Wildman–Crippen MR) is 70.8 cm³/mol. The van der Waals surface area contributed by atoms with Crippen molar-refractivity contribution >= 4 is 11.0 Å². The molecule has 1 saturated heterocycles. The van der Waals surface area contributed by atoms with Crippen molar-refractivity contribution in [1.82, 2.24) is 15.0 Å². The predicted octanol–water partition coefficient (Wildman–Crippen LogP) is 1.60. The third-order valence-corrected chi connectivity index (χ3v) is 3.56. The minimum absolute atomic E-state index is 0.0160. The van der Waals surface area contributed by atoms with Gasteiger partial charge >= 0.3 is 0 Å². The van der Waals surface area contributed by atoms with Crippen LogP contribution in [0.4, 0.5) is 0 Å². The Morgan fingerprint density at radius 1 is 1.47 bits per heavy atom. The molecule has 1 aliphatic heterocycles. The minimum atomic E-state index is -0.0160. The highest BCUT2D eigenvalue weighted by molar-refractivity contribution is 5.80. The number of benzene rings is 1. The SMILES string of the molecule is COc1ccc2c(nnn2C2CCCCO2)c1CN. The molecule has 6 nitrogen and oxygen atoms in total. The summed E-state index contributed by atoms with van der Waals surface area (Å²) in [5.41, 5.74) is 8.44. The number of rotatable bonds is 3. The van der Waals surface area contributed by atoms with Crippen LogP contribution in [0.15, 0.2) is 12.1 Å². The van der Waals surface area contributed by atoms with Gasteiger partial charge in [0.2, 0.25) is 0 Å². The second-order valence-corrected chi connectivity index (χ2v) is 4.67. The Kier molecular flexibility index (Phi) is 3.35. The van der Waals surface area contributed by atoms with Gasteiger partial charge in [-0.05, 0) is 31.4 Å². The van der Waals surface area contributed by atoms with E-state index in [0.717, 1.165) is 48.2 Å². The maximum Gasteiger partial charge on any atom is 0.152 e. The van der Waals surface area contributed by atoms with Crippen LogP contribution in [0.5, 0.6) is 5.75 Å². The highest BCUT2D eigenvalue weighted by Crippen LogP contribution is 2.30. The third-order valence-electron chi connectivity index (χ3n) is 3.56. The first-order chi connectivity index (χ1) is 9.35. The van der Waals surface area contributed by atoms with Gasteiger partial charge in [-0.1, -0.05) is 5.21 Å². The van der Waals surface area contributed by atoms with Crippen molar-refractivity contribution in [2.24, 2.45) is 5.73 Å². The van der Waals surface area contributed by atoms with E-state index in [1.165, 1.54) is 0 Å². The van der Waals surface area contributed by atoms with Gasteiger partial charge < -0.3 is 15.2 Å². The normalized spacial score (nSPS) is 19.8. The van der Waals surface area contributed by atoms with Crippen molar-refractivity contribution < 1.29 is 9.47 Å². The van der Waals surface area contributed by atoms with Crippen molar-refractivity contribution in [3.05, 3.63) is 17.7 Å². The molecular formula is C13H18N4O2. The molecule has 2 heterocycles. The number of fused-ring (bicyclic) bond motifs is 1. The first-order valence-corrected chi connectivity index (χ1v) is 6.57. The van der Waals surface area contributed by atoms with Gasteiger partial charge in [0.1, 0.15) is 11.3 Å². The van der Waals surface area contributed by atoms with E-state index < -0.39 is 0 Å². The number of nitrogens with two attached hydrogens (primary N) is 1. The molecular weight excluding hydrogens is 244 g/mol. The van der Waals surface area contributed by atoms with Gasteiger partial charge in [0.05, 0.1) is 12.6 Å². The fraction of sp³-hybridized carbons (Fsp3) is 0.538. The summed E-state index contributed by atoms with van der Waals surface area (Å²) in [6, 6.07) is 3.87. The average molecular weight is 262 g/mol. The van der Waals surface area contributed by atoms with Crippen LogP contribution in [0.1, 0.15) is 31.1 Å². The summed E-state index contributed by atoms with van der Waals surface area (Å²) in [6.07, 6.45) is 3.23. The van der Waals surface area contributed by atoms with Crippen LogP contribution < -0.4 is 10.5 Å². The number of methoxy groups -OCH3 is 1. The van der Waals surface area contributed by atoms with Crippen LogP contribution in [0.2, 0.25) is 0 Å². The summed E-state index contributed by atoms with van der Waals surface area (Å²) < 4.78 is 12.9. The van der Waals surface area contributed by atoms with Crippen molar-refractivity contribution in [2.75, 3.05) is 13.7 Å². The van der Waals surface area contributed by atoms with E-state index in [1.54, 1.807) is 7.11 Å². The van der Waals surface area contributed by atoms with Crippen LogP contribution in [0.25, 0.3) is 11.0 Å². The number of hydrogen-bond donors (Lipinski definition) is 1. The monoisotopic (exact) mass is 262 g/mol. The largest absolute Gasteiger partial charge is 0.496 e. The molecule has 0 saturated carbocycles. The van der Waals surface area contributed by atoms with Crippen LogP contribution in [-0.2, 0) is 11.3 Å². The first-order valence-electron chi connectivity index (χ1n) is 6.57. The lowest BCUT2D eigenvalue weighted by molar-refractivity contribution is -0.0377. The van der Waals surface area contributed by atoms with E-state index in [0.29, 0.717) is 6.54 Å². The lowest BCUT2D eigenvalue weighted by Crippen LogP contribution is -2.19. The molecule has 2 aromatic rings. The van der Waals surface area contributed by atoms with Crippen molar-refractivity contribution in [1.29, 1.82) is 0 Å². The van der Waals surface area contributed by atoms with E-state index in [1.807, 2.05) is 16.8 Å². The molecule has 1 aromatic heterocycles. The van der Waals surface area contributed by atoms with E-state index in [2.05, 4.69) is 10.3 Å². The fourth-order valence-corrected chi connectivity index (χ4v) is 2.56. The first kappa shape index (κ1) is 12.4. The van der Waals surface area contributed by atoms with E-state index in [4.69, 9.17) is 15.2 Å². The summed E-state index contributed by atoms with van der Waals surface area (Å²) in [5, 5.41) is 8.48. The number of aromatic nitrogens is 3. The summed E-state index contributed by atoms with van der Waals surface area (Å²) >= 11 is 0. The molecule has 0 amide bonds. The molecule has 1 unspecified atom stereocenters. The molecule has 0 radical (unpaired) electrons. The smallest absolute Gasteiger partial charge is 0.152 e. The van der Waals surface area contributed by atoms with Gasteiger partial charge in [0.15, 0.2) is 6.23 Å². The molecule has 1 aliphatic rings. The Labute approximate surface area is 111 Å². The van der Waals surface area contributed by atoms with Gasteiger partial charge in [-0.25, -0.2) is 4.68 Å². The second kappa shape index (κ2) is 5.14. The molecule has 0 aliphatic carbocycles. The third kappa shape index (κ3) is 2.06. The standard InChI is InChI=1S/C13H18N4O2/c1-18-11-6-5-10-13(9(11)8-14)15-16-17(10)12-4-2-3-7-19-12/h5-6,12H,2-4,7-8,14H2,1H3. The minimum Gasteiger partial charge on any atom is -0.496 e. The lowest BCUT2D eigenvalue weighted by atomic mass is 10.1. The Hall–Kier alpha value is -1.66. The quantitative estimate of drug-likeness (QED) is 0.909. The molecule has 1 fully saturated rings. The zero-order chi connectivity index (χ0) is 13.2. The molecule has 0 bridgehead atoms. The molecule has 1 aromatic carbocycles. The van der Waals surface area contributed by atoms with Crippen LogP contribution in [-0.4, -0.2) is 28.7 Å². The fourth-order valence-electron chi connectivity index (χ4n) is 2.56. The van der Waals surface area contributed by atoms with Gasteiger partial charge in [-0.15, -0.1) is 5.10 Å². The van der Waals surface area contributed by atoms with E-state index in [-0.39, 0.29) is 6.23 Å². The lowest BCUT2D eigenvalue weighted by Gasteiger charge is -2.22. The maximum atomic E-state index is 5.79.